The Labute approximate surface area is 218 Å². The van der Waals surface area contributed by atoms with E-state index in [1.54, 1.807) is 18.3 Å². The molecule has 38 heavy (non-hydrogen) atoms. The number of ether oxygens (including phenoxy) is 3. The van der Waals surface area contributed by atoms with Gasteiger partial charge in [-0.05, 0) is 30.3 Å². The lowest BCUT2D eigenvalue weighted by Gasteiger charge is -2.44. The number of halogens is 1. The highest BCUT2D eigenvalue weighted by Gasteiger charge is 2.31. The van der Waals surface area contributed by atoms with Gasteiger partial charge in [-0.15, -0.1) is 0 Å². The standard InChI is InChI=1S/C28H28FN5O4/c29-21-2-1-3-25-27(21)22-11-20-23(12-30-22)31-32-28(20)17-4-5-24(26(10-17)38-16-19(35)15-37-25)34-7-6-33-8-9-36-14-18(33)13-34/h1-5,10-12,18-19,35H,6-9,13-16H2,(H,31,32)/t18-,19+/m1/s1. The van der Waals surface area contributed by atoms with E-state index in [9.17, 15) is 9.50 Å². The summed E-state index contributed by atoms with van der Waals surface area (Å²) in [4.78, 5) is 9.28. The molecule has 2 N–H and O–H groups in total. The van der Waals surface area contributed by atoms with Crippen molar-refractivity contribution in [3.05, 3.63) is 54.5 Å². The molecule has 3 aliphatic rings. The normalized spacial score (nSPS) is 21.8. The molecule has 2 aromatic carbocycles. The second-order valence-corrected chi connectivity index (χ2v) is 9.97. The largest absolute Gasteiger partial charge is 0.490 e. The Hall–Kier alpha value is -3.73. The van der Waals surface area contributed by atoms with Crippen molar-refractivity contribution < 1.29 is 23.7 Å². The Morgan fingerprint density at radius 1 is 1.00 bits per heavy atom. The molecule has 5 heterocycles. The van der Waals surface area contributed by atoms with Gasteiger partial charge in [0.1, 0.15) is 42.3 Å². The van der Waals surface area contributed by atoms with E-state index in [0.29, 0.717) is 28.9 Å². The van der Waals surface area contributed by atoms with Crippen molar-refractivity contribution in [2.24, 2.45) is 0 Å². The lowest BCUT2D eigenvalue weighted by Crippen LogP contribution is -2.58. The number of nitrogens with one attached hydrogen (secondary N) is 1. The Balaban J connectivity index is 1.32. The van der Waals surface area contributed by atoms with Gasteiger partial charge in [0.05, 0.1) is 47.9 Å². The second kappa shape index (κ2) is 9.54. The van der Waals surface area contributed by atoms with E-state index in [-0.39, 0.29) is 18.8 Å². The summed E-state index contributed by atoms with van der Waals surface area (Å²) in [6.45, 7) is 5.11. The third kappa shape index (κ3) is 4.14. The van der Waals surface area contributed by atoms with Crippen LogP contribution in [0.4, 0.5) is 10.1 Å². The van der Waals surface area contributed by atoms with Crippen molar-refractivity contribution in [2.75, 3.05) is 57.5 Å². The van der Waals surface area contributed by atoms with Crippen molar-refractivity contribution in [3.63, 3.8) is 0 Å². The third-order valence-corrected chi connectivity index (χ3v) is 7.55. The van der Waals surface area contributed by atoms with Crippen LogP contribution >= 0.6 is 0 Å². The quantitative estimate of drug-likeness (QED) is 0.398. The molecule has 0 amide bonds. The van der Waals surface area contributed by atoms with Gasteiger partial charge in [0.15, 0.2) is 0 Å². The summed E-state index contributed by atoms with van der Waals surface area (Å²) in [6, 6.07) is 12.8. The number of aliphatic hydroxyl groups is 1. The highest BCUT2D eigenvalue weighted by Crippen LogP contribution is 2.39. The predicted octanol–water partition coefficient (Wildman–Crippen LogP) is 3.08. The molecular weight excluding hydrogens is 489 g/mol. The molecule has 10 heteroatoms. The molecule has 4 bridgehead atoms. The Kier molecular flexibility index (Phi) is 5.87. The van der Waals surface area contributed by atoms with E-state index in [2.05, 4.69) is 31.0 Å². The fourth-order valence-corrected chi connectivity index (χ4v) is 5.57. The van der Waals surface area contributed by atoms with Crippen molar-refractivity contribution in [1.82, 2.24) is 20.1 Å². The van der Waals surface area contributed by atoms with Crippen LogP contribution in [0.5, 0.6) is 11.5 Å². The van der Waals surface area contributed by atoms with Gasteiger partial charge in [0.25, 0.3) is 0 Å². The van der Waals surface area contributed by atoms with Gasteiger partial charge in [-0.25, -0.2) is 4.39 Å². The minimum absolute atomic E-state index is 0.0210. The number of H-pyrrole nitrogens is 1. The minimum atomic E-state index is -0.925. The van der Waals surface area contributed by atoms with Crippen LogP contribution in [0.3, 0.4) is 0 Å². The summed E-state index contributed by atoms with van der Waals surface area (Å²) >= 11 is 0. The highest BCUT2D eigenvalue weighted by molar-refractivity contribution is 5.95. The van der Waals surface area contributed by atoms with Crippen LogP contribution in [-0.4, -0.2) is 89.9 Å². The smallest absolute Gasteiger partial charge is 0.143 e. The minimum Gasteiger partial charge on any atom is -0.490 e. The lowest BCUT2D eigenvalue weighted by atomic mass is 10.0. The molecule has 196 valence electrons. The Morgan fingerprint density at radius 3 is 2.82 bits per heavy atom. The number of piperazine rings is 1. The fraction of sp³-hybridized carbons (Fsp3) is 0.357. The number of anilines is 1. The number of pyridine rings is 1. The van der Waals surface area contributed by atoms with Crippen molar-refractivity contribution in [3.8, 4) is 34.0 Å². The number of hydrogen-bond donors (Lipinski definition) is 2. The van der Waals surface area contributed by atoms with Crippen LogP contribution in [-0.2, 0) is 4.74 Å². The zero-order chi connectivity index (χ0) is 25.6. The molecule has 2 atom stereocenters. The molecule has 4 aromatic rings. The zero-order valence-electron chi connectivity index (χ0n) is 20.8. The number of aliphatic hydroxyl groups excluding tert-OH is 1. The molecule has 0 spiro atoms. The number of rotatable bonds is 1. The van der Waals surface area contributed by atoms with Crippen LogP contribution in [0.25, 0.3) is 33.4 Å². The first-order valence-electron chi connectivity index (χ1n) is 12.9. The van der Waals surface area contributed by atoms with E-state index in [4.69, 9.17) is 14.2 Å². The molecule has 0 radical (unpaired) electrons. The van der Waals surface area contributed by atoms with Gasteiger partial charge < -0.3 is 24.2 Å². The average Bonchev–Trinajstić information content (AvgIpc) is 3.37. The van der Waals surface area contributed by atoms with Crippen molar-refractivity contribution in [2.45, 2.75) is 12.1 Å². The Bertz CT molecular complexity index is 1490. The molecule has 2 fully saturated rings. The molecule has 7 rings (SSSR count). The van der Waals surface area contributed by atoms with Gasteiger partial charge in [-0.2, -0.15) is 5.10 Å². The van der Waals surface area contributed by atoms with E-state index >= 15 is 0 Å². The molecular formula is C28H28FN5O4. The monoisotopic (exact) mass is 517 g/mol. The predicted molar refractivity (Wildman–Crippen MR) is 140 cm³/mol. The summed E-state index contributed by atoms with van der Waals surface area (Å²) in [7, 11) is 0. The van der Waals surface area contributed by atoms with Gasteiger partial charge in [0.2, 0.25) is 0 Å². The van der Waals surface area contributed by atoms with E-state index in [0.717, 1.165) is 61.5 Å². The van der Waals surface area contributed by atoms with Crippen LogP contribution < -0.4 is 14.4 Å². The van der Waals surface area contributed by atoms with E-state index < -0.39 is 11.9 Å². The van der Waals surface area contributed by atoms with Crippen LogP contribution in [0.2, 0.25) is 0 Å². The number of hydrogen-bond acceptors (Lipinski definition) is 8. The number of aromatic nitrogens is 3. The van der Waals surface area contributed by atoms with E-state index in [1.165, 1.54) is 6.07 Å². The highest BCUT2D eigenvalue weighted by atomic mass is 19.1. The fourth-order valence-electron chi connectivity index (χ4n) is 5.57. The summed E-state index contributed by atoms with van der Waals surface area (Å²) in [5.41, 5.74) is 3.94. The van der Waals surface area contributed by atoms with Crippen LogP contribution in [0, 0.1) is 5.82 Å². The lowest BCUT2D eigenvalue weighted by molar-refractivity contribution is -0.0117. The Morgan fingerprint density at radius 2 is 1.89 bits per heavy atom. The number of benzene rings is 2. The first-order valence-corrected chi connectivity index (χ1v) is 12.9. The molecule has 0 unspecified atom stereocenters. The summed E-state index contributed by atoms with van der Waals surface area (Å²) in [6.07, 6.45) is 0.723. The number of aromatic amines is 1. The number of morpholine rings is 1. The van der Waals surface area contributed by atoms with Crippen molar-refractivity contribution in [1.29, 1.82) is 0 Å². The second-order valence-electron chi connectivity index (χ2n) is 9.97. The summed E-state index contributed by atoms with van der Waals surface area (Å²) in [5, 5.41) is 19.1. The molecule has 3 aliphatic heterocycles. The van der Waals surface area contributed by atoms with E-state index in [1.807, 2.05) is 18.2 Å². The summed E-state index contributed by atoms with van der Waals surface area (Å²) < 4.78 is 32.8. The first-order chi connectivity index (χ1) is 18.6. The molecule has 2 aromatic heterocycles. The average molecular weight is 518 g/mol. The maximum atomic E-state index is 15.0. The molecule has 2 saturated heterocycles. The first kappa shape index (κ1) is 23.4. The molecule has 0 saturated carbocycles. The maximum Gasteiger partial charge on any atom is 0.143 e. The van der Waals surface area contributed by atoms with Gasteiger partial charge in [-0.3, -0.25) is 15.0 Å². The van der Waals surface area contributed by atoms with Crippen molar-refractivity contribution >= 4 is 16.6 Å². The number of fused-ring (bicyclic) bond motifs is 7. The summed E-state index contributed by atoms with van der Waals surface area (Å²) in [5.74, 6) is 0.526. The molecule has 0 aliphatic carbocycles. The van der Waals surface area contributed by atoms with Gasteiger partial charge in [-0.1, -0.05) is 12.1 Å². The van der Waals surface area contributed by atoms with Gasteiger partial charge >= 0.3 is 0 Å². The molecule has 9 nitrogen and oxygen atoms in total. The zero-order valence-corrected chi connectivity index (χ0v) is 20.8. The third-order valence-electron chi connectivity index (χ3n) is 7.55. The SMILES string of the molecule is O[C@@H]1COc2cc(ccc2N2CCN3CCOC[C@H]3C2)-c2n[nH]c3cnc(cc23)-c2c(F)cccc2OC1. The van der Waals surface area contributed by atoms with Crippen LogP contribution in [0.1, 0.15) is 0 Å². The van der Waals surface area contributed by atoms with Crippen LogP contribution in [0.15, 0.2) is 48.7 Å². The number of nitrogens with zero attached hydrogens (tertiary/aromatic N) is 4. The topological polar surface area (TPSA) is 96.0 Å². The maximum absolute atomic E-state index is 15.0. The van der Waals surface area contributed by atoms with Gasteiger partial charge in [0, 0.05) is 37.1 Å².